The van der Waals surface area contributed by atoms with Crippen LogP contribution in [0.3, 0.4) is 0 Å². The van der Waals surface area contributed by atoms with Crippen molar-refractivity contribution in [2.75, 3.05) is 11.4 Å². The Morgan fingerprint density at radius 3 is 2.78 bits per heavy atom. The lowest BCUT2D eigenvalue weighted by molar-refractivity contribution is 1.01. The molecule has 0 N–H and O–H groups in total. The second-order valence-corrected chi connectivity index (χ2v) is 4.07. The van der Waals surface area contributed by atoms with E-state index in [4.69, 9.17) is 5.26 Å². The minimum atomic E-state index is 0.459. The molecule has 2 rings (SSSR count). The molecule has 0 aliphatic carbocycles. The molecule has 1 aromatic carbocycles. The van der Waals surface area contributed by atoms with Gasteiger partial charge >= 0.3 is 0 Å². The van der Waals surface area contributed by atoms with Gasteiger partial charge in [0, 0.05) is 18.4 Å². The molecular formula is C15H15N3. The fourth-order valence-electron chi connectivity index (χ4n) is 1.99. The van der Waals surface area contributed by atoms with Crippen molar-refractivity contribution in [3.05, 3.63) is 53.9 Å². The normalized spacial score (nSPS) is 9.83. The van der Waals surface area contributed by atoms with Gasteiger partial charge < -0.3 is 4.90 Å². The molecule has 0 saturated heterocycles. The van der Waals surface area contributed by atoms with Gasteiger partial charge in [-0.15, -0.1) is 0 Å². The zero-order valence-electron chi connectivity index (χ0n) is 10.6. The van der Waals surface area contributed by atoms with Crippen LogP contribution < -0.4 is 4.90 Å². The Labute approximate surface area is 107 Å². The highest BCUT2D eigenvalue weighted by molar-refractivity contribution is 5.67. The molecule has 2 aromatic rings. The smallest absolute Gasteiger partial charge is 0.164 e. The molecular weight excluding hydrogens is 222 g/mol. The number of aromatic nitrogens is 1. The maximum atomic E-state index is 9.13. The molecule has 1 aromatic heterocycles. The SMILES string of the molecule is CCN(c1cccc(C)c1)c1cccnc1C#N. The molecule has 3 heteroatoms. The highest BCUT2D eigenvalue weighted by Gasteiger charge is 2.12. The van der Waals surface area contributed by atoms with Gasteiger partial charge in [0.05, 0.1) is 5.69 Å². The molecule has 0 spiro atoms. The largest absolute Gasteiger partial charge is 0.339 e. The molecule has 0 fully saturated rings. The first-order valence-corrected chi connectivity index (χ1v) is 5.95. The minimum absolute atomic E-state index is 0.459. The highest BCUT2D eigenvalue weighted by atomic mass is 15.1. The first-order chi connectivity index (χ1) is 8.76. The van der Waals surface area contributed by atoms with Gasteiger partial charge in [-0.1, -0.05) is 12.1 Å². The Kier molecular flexibility index (Phi) is 3.59. The Balaban J connectivity index is 2.49. The molecule has 1 heterocycles. The first kappa shape index (κ1) is 12.1. The van der Waals surface area contributed by atoms with Crippen molar-refractivity contribution < 1.29 is 0 Å². The number of nitriles is 1. The standard InChI is InChI=1S/C15H15N3/c1-3-18(13-7-4-6-12(2)10-13)15-8-5-9-17-14(15)11-16/h4-10H,3H2,1-2H3. The molecule has 0 radical (unpaired) electrons. The number of pyridine rings is 1. The van der Waals surface area contributed by atoms with Crippen LogP contribution in [0, 0.1) is 18.3 Å². The number of anilines is 2. The average Bonchev–Trinajstić information content (AvgIpc) is 2.40. The highest BCUT2D eigenvalue weighted by Crippen LogP contribution is 2.27. The van der Waals surface area contributed by atoms with E-state index >= 15 is 0 Å². The minimum Gasteiger partial charge on any atom is -0.339 e. The van der Waals surface area contributed by atoms with Crippen LogP contribution in [0.5, 0.6) is 0 Å². The predicted octanol–water partition coefficient (Wildman–Crippen LogP) is 3.42. The fraction of sp³-hybridized carbons (Fsp3) is 0.200. The summed E-state index contributed by atoms with van der Waals surface area (Å²) in [6.45, 7) is 4.92. The van der Waals surface area contributed by atoms with Crippen molar-refractivity contribution >= 4 is 11.4 Å². The van der Waals surface area contributed by atoms with Gasteiger partial charge in [-0.25, -0.2) is 4.98 Å². The number of aryl methyl sites for hydroxylation is 1. The van der Waals surface area contributed by atoms with E-state index in [1.165, 1.54) is 5.56 Å². The predicted molar refractivity (Wildman–Crippen MR) is 72.8 cm³/mol. The number of hydrogen-bond acceptors (Lipinski definition) is 3. The first-order valence-electron chi connectivity index (χ1n) is 5.95. The van der Waals surface area contributed by atoms with Crippen molar-refractivity contribution in [2.24, 2.45) is 0 Å². The Morgan fingerprint density at radius 2 is 2.11 bits per heavy atom. The van der Waals surface area contributed by atoms with Gasteiger partial charge in [-0.3, -0.25) is 0 Å². The zero-order valence-corrected chi connectivity index (χ0v) is 10.6. The summed E-state index contributed by atoms with van der Waals surface area (Å²) in [5, 5.41) is 9.13. The van der Waals surface area contributed by atoms with Crippen LogP contribution in [-0.2, 0) is 0 Å². The second kappa shape index (κ2) is 5.33. The van der Waals surface area contributed by atoms with Crippen molar-refractivity contribution in [1.29, 1.82) is 5.26 Å². The molecule has 0 unspecified atom stereocenters. The Morgan fingerprint density at radius 1 is 1.28 bits per heavy atom. The lowest BCUT2D eigenvalue weighted by atomic mass is 10.2. The monoisotopic (exact) mass is 237 g/mol. The van der Waals surface area contributed by atoms with E-state index in [-0.39, 0.29) is 0 Å². The molecule has 0 bridgehead atoms. The van der Waals surface area contributed by atoms with Gasteiger partial charge in [-0.05, 0) is 43.7 Å². The molecule has 0 saturated carbocycles. The third-order valence-electron chi connectivity index (χ3n) is 2.81. The summed E-state index contributed by atoms with van der Waals surface area (Å²) < 4.78 is 0. The quantitative estimate of drug-likeness (QED) is 0.821. The summed E-state index contributed by atoms with van der Waals surface area (Å²) in [4.78, 5) is 6.21. The van der Waals surface area contributed by atoms with Gasteiger partial charge in [-0.2, -0.15) is 5.26 Å². The van der Waals surface area contributed by atoms with Gasteiger partial charge in [0.15, 0.2) is 5.69 Å². The molecule has 3 nitrogen and oxygen atoms in total. The molecule has 0 aliphatic rings. The summed E-state index contributed by atoms with van der Waals surface area (Å²) in [5.41, 5.74) is 3.60. The van der Waals surface area contributed by atoms with Gasteiger partial charge in [0.2, 0.25) is 0 Å². The van der Waals surface area contributed by atoms with Crippen molar-refractivity contribution in [2.45, 2.75) is 13.8 Å². The Hall–Kier alpha value is -2.34. The lowest BCUT2D eigenvalue weighted by Gasteiger charge is -2.24. The average molecular weight is 237 g/mol. The molecule has 0 amide bonds. The van der Waals surface area contributed by atoms with Crippen LogP contribution in [0.4, 0.5) is 11.4 Å². The van der Waals surface area contributed by atoms with E-state index in [0.717, 1.165) is 17.9 Å². The van der Waals surface area contributed by atoms with Crippen LogP contribution in [0.1, 0.15) is 18.2 Å². The third-order valence-corrected chi connectivity index (χ3v) is 2.81. The van der Waals surface area contributed by atoms with Crippen molar-refractivity contribution in [1.82, 2.24) is 4.98 Å². The van der Waals surface area contributed by atoms with Crippen molar-refractivity contribution in [3.8, 4) is 6.07 Å². The lowest BCUT2D eigenvalue weighted by Crippen LogP contribution is -2.17. The summed E-state index contributed by atoms with van der Waals surface area (Å²) >= 11 is 0. The summed E-state index contributed by atoms with van der Waals surface area (Å²) in [7, 11) is 0. The van der Waals surface area contributed by atoms with E-state index < -0.39 is 0 Å². The maximum Gasteiger partial charge on any atom is 0.164 e. The number of benzene rings is 1. The zero-order chi connectivity index (χ0) is 13.0. The van der Waals surface area contributed by atoms with E-state index in [9.17, 15) is 0 Å². The summed E-state index contributed by atoms with van der Waals surface area (Å²) in [5.74, 6) is 0. The number of rotatable bonds is 3. The number of hydrogen-bond donors (Lipinski definition) is 0. The van der Waals surface area contributed by atoms with Gasteiger partial charge in [0.25, 0.3) is 0 Å². The number of nitrogens with zero attached hydrogens (tertiary/aromatic N) is 3. The van der Waals surface area contributed by atoms with E-state index in [1.54, 1.807) is 6.20 Å². The van der Waals surface area contributed by atoms with E-state index in [2.05, 4.69) is 41.9 Å². The van der Waals surface area contributed by atoms with Crippen LogP contribution in [0.25, 0.3) is 0 Å². The van der Waals surface area contributed by atoms with E-state index in [1.807, 2.05) is 24.3 Å². The van der Waals surface area contributed by atoms with Crippen LogP contribution >= 0.6 is 0 Å². The fourth-order valence-corrected chi connectivity index (χ4v) is 1.99. The molecule has 18 heavy (non-hydrogen) atoms. The molecule has 0 atom stereocenters. The summed E-state index contributed by atoms with van der Waals surface area (Å²) in [6, 6.07) is 14.2. The third kappa shape index (κ3) is 2.33. The van der Waals surface area contributed by atoms with E-state index in [0.29, 0.717) is 5.69 Å². The van der Waals surface area contributed by atoms with Gasteiger partial charge in [0.1, 0.15) is 6.07 Å². The van der Waals surface area contributed by atoms with Crippen LogP contribution in [0.15, 0.2) is 42.6 Å². The topological polar surface area (TPSA) is 39.9 Å². The summed E-state index contributed by atoms with van der Waals surface area (Å²) in [6.07, 6.45) is 1.64. The Bertz CT molecular complexity index is 584. The van der Waals surface area contributed by atoms with Crippen LogP contribution in [0.2, 0.25) is 0 Å². The second-order valence-electron chi connectivity index (χ2n) is 4.07. The van der Waals surface area contributed by atoms with Crippen molar-refractivity contribution in [3.63, 3.8) is 0 Å². The van der Waals surface area contributed by atoms with Crippen LogP contribution in [-0.4, -0.2) is 11.5 Å². The molecule has 0 aliphatic heterocycles. The molecule has 90 valence electrons. The maximum absolute atomic E-state index is 9.13.